The summed E-state index contributed by atoms with van der Waals surface area (Å²) in [5.74, 6) is 0.664. The van der Waals surface area contributed by atoms with Crippen molar-refractivity contribution in [3.8, 4) is 0 Å². The summed E-state index contributed by atoms with van der Waals surface area (Å²) in [6, 6.07) is 0. The molecule has 0 bridgehead atoms. The van der Waals surface area contributed by atoms with Crippen molar-refractivity contribution in [1.82, 2.24) is 0 Å². The Morgan fingerprint density at radius 3 is 2.33 bits per heavy atom. The van der Waals surface area contributed by atoms with Gasteiger partial charge in [-0.15, -0.1) is 0 Å². The average molecular weight is 204 g/mol. The summed E-state index contributed by atoms with van der Waals surface area (Å²) in [6.45, 7) is 9.07. The molecule has 0 atom stereocenters. The highest BCUT2D eigenvalue weighted by atomic mass is 14.1. The second-order valence-corrected chi connectivity index (χ2v) is 5.02. The van der Waals surface area contributed by atoms with Crippen LogP contribution in [0.4, 0.5) is 0 Å². The Bertz CT molecular complexity index is 287. The van der Waals surface area contributed by atoms with Gasteiger partial charge in [0.05, 0.1) is 0 Å². The Hall–Kier alpha value is -0.780. The number of rotatable bonds is 1. The lowest BCUT2D eigenvalue weighted by atomic mass is 9.95. The van der Waals surface area contributed by atoms with Crippen molar-refractivity contribution in [1.29, 1.82) is 0 Å². The van der Waals surface area contributed by atoms with Gasteiger partial charge >= 0.3 is 0 Å². The van der Waals surface area contributed by atoms with Crippen LogP contribution in [0.3, 0.4) is 0 Å². The molecule has 0 saturated heterocycles. The quantitative estimate of drug-likeness (QED) is 0.525. The van der Waals surface area contributed by atoms with Crippen LogP contribution < -0.4 is 0 Å². The molecule has 0 saturated carbocycles. The Morgan fingerprint density at radius 2 is 1.67 bits per heavy atom. The van der Waals surface area contributed by atoms with Crippen LogP contribution in [0.2, 0.25) is 0 Å². The highest BCUT2D eigenvalue weighted by molar-refractivity contribution is 5.22. The molecule has 0 aliphatic heterocycles. The summed E-state index contributed by atoms with van der Waals surface area (Å²) in [4.78, 5) is 0. The first-order valence-corrected chi connectivity index (χ1v) is 6.11. The maximum absolute atomic E-state index is 2.40. The van der Waals surface area contributed by atoms with E-state index in [9.17, 15) is 0 Å². The van der Waals surface area contributed by atoms with Gasteiger partial charge in [-0.2, -0.15) is 0 Å². The molecule has 0 aromatic rings. The molecule has 0 unspecified atom stereocenters. The number of allylic oxidation sites excluding steroid dienone is 6. The maximum Gasteiger partial charge on any atom is -0.0131 e. The molecule has 0 amide bonds. The van der Waals surface area contributed by atoms with Crippen molar-refractivity contribution < 1.29 is 0 Å². The van der Waals surface area contributed by atoms with Gasteiger partial charge in [0.15, 0.2) is 0 Å². The van der Waals surface area contributed by atoms with Gasteiger partial charge in [0.1, 0.15) is 0 Å². The lowest BCUT2D eigenvalue weighted by molar-refractivity contribution is 0.738. The van der Waals surface area contributed by atoms with Crippen LogP contribution in [0.5, 0.6) is 0 Å². The zero-order valence-electron chi connectivity index (χ0n) is 10.6. The molecule has 0 aromatic carbocycles. The second-order valence-electron chi connectivity index (χ2n) is 5.02. The third-order valence-corrected chi connectivity index (χ3v) is 3.15. The fraction of sp³-hybridized carbons (Fsp3) is 0.600. The highest BCUT2D eigenvalue weighted by Gasteiger charge is 2.02. The van der Waals surface area contributed by atoms with Crippen molar-refractivity contribution in [2.24, 2.45) is 5.92 Å². The lowest BCUT2D eigenvalue weighted by Crippen LogP contribution is -1.94. The predicted molar refractivity (Wildman–Crippen MR) is 68.9 cm³/mol. The zero-order valence-corrected chi connectivity index (χ0v) is 10.6. The van der Waals surface area contributed by atoms with E-state index in [2.05, 4.69) is 45.9 Å². The van der Waals surface area contributed by atoms with Gasteiger partial charge in [0.25, 0.3) is 0 Å². The summed E-state index contributed by atoms with van der Waals surface area (Å²) in [5, 5.41) is 0. The Labute approximate surface area is 94.8 Å². The fourth-order valence-corrected chi connectivity index (χ4v) is 1.87. The predicted octanol–water partition coefficient (Wildman–Crippen LogP) is 5.04. The van der Waals surface area contributed by atoms with Crippen LogP contribution in [0, 0.1) is 5.92 Å². The Kier molecular flexibility index (Phi) is 4.87. The smallest absolute Gasteiger partial charge is 0.0131 e. The largest absolute Gasteiger partial charge is 0.0815 e. The zero-order chi connectivity index (χ0) is 11.3. The molecule has 0 heteroatoms. The Morgan fingerprint density at radius 1 is 1.00 bits per heavy atom. The second kappa shape index (κ2) is 5.95. The van der Waals surface area contributed by atoms with Crippen molar-refractivity contribution in [2.75, 3.05) is 0 Å². The first-order valence-electron chi connectivity index (χ1n) is 6.11. The van der Waals surface area contributed by atoms with Crippen LogP contribution in [-0.4, -0.2) is 0 Å². The molecule has 0 radical (unpaired) electrons. The van der Waals surface area contributed by atoms with Crippen LogP contribution in [0.25, 0.3) is 0 Å². The van der Waals surface area contributed by atoms with E-state index in [0.29, 0.717) is 5.92 Å². The van der Waals surface area contributed by atoms with Gasteiger partial charge < -0.3 is 0 Å². The van der Waals surface area contributed by atoms with Gasteiger partial charge in [-0.25, -0.2) is 0 Å². The summed E-state index contributed by atoms with van der Waals surface area (Å²) in [7, 11) is 0. The van der Waals surface area contributed by atoms with Crippen molar-refractivity contribution in [3.05, 3.63) is 34.9 Å². The minimum absolute atomic E-state index is 0.664. The summed E-state index contributed by atoms with van der Waals surface area (Å²) in [5.41, 5.74) is 4.62. The van der Waals surface area contributed by atoms with E-state index in [-0.39, 0.29) is 0 Å². The van der Waals surface area contributed by atoms with Crippen LogP contribution in [0.1, 0.15) is 53.4 Å². The molecule has 1 rings (SSSR count). The summed E-state index contributed by atoms with van der Waals surface area (Å²) in [6.07, 6.45) is 12.0. The normalized spacial score (nSPS) is 29.8. The average Bonchev–Trinajstić information content (AvgIpc) is 2.16. The molecule has 0 aromatic heterocycles. The number of hydrogen-bond donors (Lipinski definition) is 0. The van der Waals surface area contributed by atoms with E-state index in [1.165, 1.54) is 24.8 Å². The summed E-state index contributed by atoms with van der Waals surface area (Å²) < 4.78 is 0. The molecule has 1 aliphatic rings. The van der Waals surface area contributed by atoms with E-state index in [4.69, 9.17) is 0 Å². The van der Waals surface area contributed by atoms with E-state index in [1.807, 2.05) is 0 Å². The van der Waals surface area contributed by atoms with Crippen LogP contribution in [-0.2, 0) is 0 Å². The molecule has 0 heterocycles. The lowest BCUT2D eigenvalue weighted by Gasteiger charge is -2.11. The topological polar surface area (TPSA) is 0 Å². The molecule has 84 valence electrons. The molecule has 0 N–H and O–H groups in total. The van der Waals surface area contributed by atoms with Crippen LogP contribution >= 0.6 is 0 Å². The van der Waals surface area contributed by atoms with E-state index < -0.39 is 0 Å². The van der Waals surface area contributed by atoms with E-state index >= 15 is 0 Å². The minimum Gasteiger partial charge on any atom is -0.0815 e. The first-order chi connectivity index (χ1) is 7.09. The van der Waals surface area contributed by atoms with E-state index in [0.717, 1.165) is 6.42 Å². The first kappa shape index (κ1) is 12.3. The molecule has 0 fully saturated rings. The standard InChI is InChI=1S/C15H24/c1-12(2)15-10-8-13(3)6-5-7-14(4)9-11-15/h8-10,12H,5-7,11H2,1-4H3/b13-8+,14-9-,15-10+. The molecule has 1 aliphatic carbocycles. The molecular weight excluding hydrogens is 180 g/mol. The fourth-order valence-electron chi connectivity index (χ4n) is 1.87. The van der Waals surface area contributed by atoms with Crippen molar-refractivity contribution in [2.45, 2.75) is 53.4 Å². The van der Waals surface area contributed by atoms with Crippen molar-refractivity contribution in [3.63, 3.8) is 0 Å². The third-order valence-electron chi connectivity index (χ3n) is 3.15. The monoisotopic (exact) mass is 204 g/mol. The van der Waals surface area contributed by atoms with Crippen molar-refractivity contribution >= 4 is 0 Å². The summed E-state index contributed by atoms with van der Waals surface area (Å²) >= 11 is 0. The van der Waals surface area contributed by atoms with Gasteiger partial charge in [-0.3, -0.25) is 0 Å². The third kappa shape index (κ3) is 4.51. The van der Waals surface area contributed by atoms with Gasteiger partial charge in [0, 0.05) is 0 Å². The van der Waals surface area contributed by atoms with Gasteiger partial charge in [0.2, 0.25) is 0 Å². The van der Waals surface area contributed by atoms with Crippen LogP contribution in [0.15, 0.2) is 34.9 Å². The minimum atomic E-state index is 0.664. The van der Waals surface area contributed by atoms with E-state index in [1.54, 1.807) is 11.1 Å². The maximum atomic E-state index is 2.40. The molecule has 0 nitrogen and oxygen atoms in total. The SMILES string of the molecule is C/C1=C/C/C(C(C)C)=C\C=C(/C)CCC1. The molecule has 15 heavy (non-hydrogen) atoms. The van der Waals surface area contributed by atoms with Gasteiger partial charge in [-0.05, 0) is 45.4 Å². The molecular formula is C15H24. The number of hydrogen-bond acceptors (Lipinski definition) is 0. The molecule has 0 spiro atoms. The highest BCUT2D eigenvalue weighted by Crippen LogP contribution is 2.20. The Balaban J connectivity index is 2.85. The van der Waals surface area contributed by atoms with Gasteiger partial charge in [-0.1, -0.05) is 48.8 Å².